The zero-order valence-corrected chi connectivity index (χ0v) is 13.3. The van der Waals surface area contributed by atoms with Gasteiger partial charge in [0.25, 0.3) is 5.89 Å². The molecule has 1 fully saturated rings. The van der Waals surface area contributed by atoms with Gasteiger partial charge < -0.3 is 15.0 Å². The lowest BCUT2D eigenvalue weighted by atomic mass is 9.77. The van der Waals surface area contributed by atoms with E-state index in [-0.39, 0.29) is 0 Å². The molecule has 1 aliphatic carbocycles. The van der Waals surface area contributed by atoms with Gasteiger partial charge in [-0.25, -0.2) is 0 Å². The molecule has 0 radical (unpaired) electrons. The second-order valence-corrected chi connectivity index (χ2v) is 6.19. The molecule has 1 atom stereocenters. The zero-order valence-electron chi connectivity index (χ0n) is 13.3. The molecule has 24 heavy (non-hydrogen) atoms. The summed E-state index contributed by atoms with van der Waals surface area (Å²) < 4.78 is 11.6. The zero-order chi connectivity index (χ0) is 16.4. The van der Waals surface area contributed by atoms with Crippen LogP contribution in [0.15, 0.2) is 65.2 Å². The van der Waals surface area contributed by atoms with Crippen LogP contribution in [0.5, 0.6) is 5.75 Å². The van der Waals surface area contributed by atoms with E-state index in [1.54, 1.807) is 0 Å². The SMILES string of the molecule is NC1(c2noc(C(Oc3ccccc3)c3ccccc3)n2)CCC1. The number of nitrogens with zero attached hydrogens (tertiary/aromatic N) is 2. The molecule has 0 amide bonds. The second-order valence-electron chi connectivity index (χ2n) is 6.19. The van der Waals surface area contributed by atoms with E-state index in [4.69, 9.17) is 15.0 Å². The number of aromatic nitrogens is 2. The summed E-state index contributed by atoms with van der Waals surface area (Å²) >= 11 is 0. The first-order valence-corrected chi connectivity index (χ1v) is 8.14. The molecule has 0 spiro atoms. The Hall–Kier alpha value is -2.66. The molecule has 1 aliphatic rings. The predicted octanol–water partition coefficient (Wildman–Crippen LogP) is 3.58. The van der Waals surface area contributed by atoms with Crippen LogP contribution in [0.25, 0.3) is 0 Å². The van der Waals surface area contributed by atoms with E-state index in [1.807, 2.05) is 60.7 Å². The molecule has 1 unspecified atom stereocenters. The maximum absolute atomic E-state index is 6.30. The van der Waals surface area contributed by atoms with Crippen LogP contribution in [0, 0.1) is 0 Å². The maximum atomic E-state index is 6.30. The first kappa shape index (κ1) is 14.9. The van der Waals surface area contributed by atoms with Gasteiger partial charge in [-0.2, -0.15) is 4.98 Å². The van der Waals surface area contributed by atoms with E-state index in [9.17, 15) is 0 Å². The number of nitrogens with two attached hydrogens (primary N) is 1. The summed E-state index contributed by atoms with van der Waals surface area (Å²) in [5.74, 6) is 1.75. The van der Waals surface area contributed by atoms with Gasteiger partial charge in [0.2, 0.25) is 6.10 Å². The Balaban J connectivity index is 1.67. The van der Waals surface area contributed by atoms with Gasteiger partial charge in [0.15, 0.2) is 5.82 Å². The minimum atomic E-state index is -0.460. The monoisotopic (exact) mass is 321 g/mol. The fourth-order valence-electron chi connectivity index (χ4n) is 2.85. The lowest BCUT2D eigenvalue weighted by molar-refractivity contribution is 0.191. The van der Waals surface area contributed by atoms with Crippen LogP contribution in [-0.2, 0) is 5.54 Å². The van der Waals surface area contributed by atoms with Crippen LogP contribution >= 0.6 is 0 Å². The molecule has 0 aliphatic heterocycles. The highest BCUT2D eigenvalue weighted by Gasteiger charge is 2.39. The van der Waals surface area contributed by atoms with Gasteiger partial charge in [-0.1, -0.05) is 53.7 Å². The summed E-state index contributed by atoms with van der Waals surface area (Å²) in [5, 5.41) is 4.11. The maximum Gasteiger partial charge on any atom is 0.272 e. The van der Waals surface area contributed by atoms with Crippen molar-refractivity contribution in [3.63, 3.8) is 0 Å². The topological polar surface area (TPSA) is 74.2 Å². The fourth-order valence-corrected chi connectivity index (χ4v) is 2.85. The molecule has 5 heteroatoms. The number of para-hydroxylation sites is 1. The highest BCUT2D eigenvalue weighted by molar-refractivity contribution is 5.27. The Labute approximate surface area is 140 Å². The van der Waals surface area contributed by atoms with Crippen molar-refractivity contribution in [1.82, 2.24) is 10.1 Å². The van der Waals surface area contributed by atoms with Crippen molar-refractivity contribution >= 4 is 0 Å². The molecule has 0 saturated heterocycles. The van der Waals surface area contributed by atoms with Crippen molar-refractivity contribution < 1.29 is 9.26 Å². The third-order valence-electron chi connectivity index (χ3n) is 4.46. The summed E-state index contributed by atoms with van der Waals surface area (Å²) in [5.41, 5.74) is 6.81. The molecular weight excluding hydrogens is 302 g/mol. The lowest BCUT2D eigenvalue weighted by Gasteiger charge is -2.34. The average molecular weight is 321 g/mol. The highest BCUT2D eigenvalue weighted by atomic mass is 16.5. The van der Waals surface area contributed by atoms with Crippen LogP contribution in [0.3, 0.4) is 0 Å². The molecule has 1 heterocycles. The molecule has 2 aromatic carbocycles. The fraction of sp³-hybridized carbons (Fsp3) is 0.263. The first-order chi connectivity index (χ1) is 11.7. The van der Waals surface area contributed by atoms with Crippen molar-refractivity contribution in [2.75, 3.05) is 0 Å². The van der Waals surface area contributed by atoms with E-state index in [1.165, 1.54) is 0 Å². The first-order valence-electron chi connectivity index (χ1n) is 8.14. The van der Waals surface area contributed by atoms with E-state index < -0.39 is 11.6 Å². The summed E-state index contributed by atoms with van der Waals surface area (Å²) in [4.78, 5) is 4.55. The smallest absolute Gasteiger partial charge is 0.272 e. The molecule has 1 aromatic heterocycles. The summed E-state index contributed by atoms with van der Waals surface area (Å²) in [6.45, 7) is 0. The van der Waals surface area contributed by atoms with Crippen LogP contribution < -0.4 is 10.5 Å². The number of hydrogen-bond acceptors (Lipinski definition) is 5. The van der Waals surface area contributed by atoms with Crippen LogP contribution in [0.1, 0.15) is 42.6 Å². The third-order valence-corrected chi connectivity index (χ3v) is 4.46. The van der Waals surface area contributed by atoms with Gasteiger partial charge in [-0.05, 0) is 31.4 Å². The Bertz CT molecular complexity index is 798. The Morgan fingerprint density at radius 1 is 1.00 bits per heavy atom. The molecule has 0 bridgehead atoms. The van der Waals surface area contributed by atoms with Crippen LogP contribution in [0.2, 0.25) is 0 Å². The Morgan fingerprint density at radius 2 is 1.67 bits per heavy atom. The van der Waals surface area contributed by atoms with Crippen LogP contribution in [-0.4, -0.2) is 10.1 Å². The normalized spacial score (nSPS) is 17.0. The van der Waals surface area contributed by atoms with E-state index >= 15 is 0 Å². The van der Waals surface area contributed by atoms with Gasteiger partial charge >= 0.3 is 0 Å². The summed E-state index contributed by atoms with van der Waals surface area (Å²) in [6.07, 6.45) is 2.42. The van der Waals surface area contributed by atoms with Crippen LogP contribution in [0.4, 0.5) is 0 Å². The second kappa shape index (κ2) is 6.09. The largest absolute Gasteiger partial charge is 0.476 e. The Morgan fingerprint density at radius 3 is 2.29 bits per heavy atom. The van der Waals surface area contributed by atoms with Gasteiger partial charge in [-0.3, -0.25) is 0 Å². The highest BCUT2D eigenvalue weighted by Crippen LogP contribution is 2.38. The molecule has 1 saturated carbocycles. The lowest BCUT2D eigenvalue weighted by Crippen LogP contribution is -2.44. The van der Waals surface area contributed by atoms with Crippen molar-refractivity contribution in [3.05, 3.63) is 77.9 Å². The van der Waals surface area contributed by atoms with Gasteiger partial charge in [-0.15, -0.1) is 0 Å². The summed E-state index contributed by atoms with van der Waals surface area (Å²) in [6, 6.07) is 19.5. The third kappa shape index (κ3) is 2.78. The molecule has 4 rings (SSSR count). The molecule has 122 valence electrons. The van der Waals surface area contributed by atoms with E-state index in [0.29, 0.717) is 11.7 Å². The predicted molar refractivity (Wildman–Crippen MR) is 89.4 cm³/mol. The van der Waals surface area contributed by atoms with E-state index in [0.717, 1.165) is 30.6 Å². The Kier molecular flexibility index (Phi) is 3.78. The average Bonchev–Trinajstić information content (AvgIpc) is 3.09. The van der Waals surface area contributed by atoms with Crippen molar-refractivity contribution in [1.29, 1.82) is 0 Å². The number of ether oxygens (including phenoxy) is 1. The van der Waals surface area contributed by atoms with Crippen molar-refractivity contribution in [2.45, 2.75) is 30.9 Å². The molecular formula is C19H19N3O2. The minimum Gasteiger partial charge on any atom is -0.476 e. The molecule has 3 aromatic rings. The number of rotatable bonds is 5. The van der Waals surface area contributed by atoms with Gasteiger partial charge in [0, 0.05) is 5.56 Å². The quantitative estimate of drug-likeness (QED) is 0.777. The van der Waals surface area contributed by atoms with E-state index in [2.05, 4.69) is 10.1 Å². The molecule has 5 nitrogen and oxygen atoms in total. The van der Waals surface area contributed by atoms with Crippen molar-refractivity contribution in [2.24, 2.45) is 5.73 Å². The van der Waals surface area contributed by atoms with Gasteiger partial charge in [0.1, 0.15) is 5.75 Å². The summed E-state index contributed by atoms with van der Waals surface area (Å²) in [7, 11) is 0. The number of benzene rings is 2. The molecule has 2 N–H and O–H groups in total. The standard InChI is InChI=1S/C19H19N3O2/c20-19(12-7-13-19)18-21-17(24-22-18)16(14-8-3-1-4-9-14)23-15-10-5-2-6-11-15/h1-6,8-11,16H,7,12-13,20H2. The number of hydrogen-bond donors (Lipinski definition) is 1. The minimum absolute atomic E-state index is 0.428. The van der Waals surface area contributed by atoms with Gasteiger partial charge in [0.05, 0.1) is 5.54 Å². The van der Waals surface area contributed by atoms with Crippen molar-refractivity contribution in [3.8, 4) is 5.75 Å².